The predicted octanol–water partition coefficient (Wildman–Crippen LogP) is 3.62. The van der Waals surface area contributed by atoms with E-state index in [-0.39, 0.29) is 17.4 Å². The van der Waals surface area contributed by atoms with Crippen LogP contribution in [0.15, 0.2) is 42.5 Å². The van der Waals surface area contributed by atoms with Crippen LogP contribution in [-0.2, 0) is 16.1 Å². The van der Waals surface area contributed by atoms with Gasteiger partial charge in [-0.2, -0.15) is 0 Å². The molecule has 12 heteroatoms. The van der Waals surface area contributed by atoms with Crippen molar-refractivity contribution in [2.24, 2.45) is 5.73 Å². The summed E-state index contributed by atoms with van der Waals surface area (Å²) in [6, 6.07) is 12.7. The topological polar surface area (TPSA) is 153 Å². The summed E-state index contributed by atoms with van der Waals surface area (Å²) in [6.07, 6.45) is 0.656. The number of primary amides is 1. The summed E-state index contributed by atoms with van der Waals surface area (Å²) in [5, 5.41) is 15.8. The second-order valence-corrected chi connectivity index (χ2v) is 12.1. The maximum atomic E-state index is 13.3. The van der Waals surface area contributed by atoms with Crippen molar-refractivity contribution in [3.8, 4) is 0 Å². The Morgan fingerprint density at radius 3 is 2.30 bits per heavy atom. The number of carbonyl (C=O) groups is 4. The van der Waals surface area contributed by atoms with Crippen molar-refractivity contribution < 1.29 is 24.3 Å². The summed E-state index contributed by atoms with van der Waals surface area (Å²) in [5.41, 5.74) is 10.7. The third kappa shape index (κ3) is 6.85. The maximum Gasteiger partial charge on any atom is 0.337 e. The van der Waals surface area contributed by atoms with Crippen LogP contribution in [0.5, 0.6) is 0 Å². The van der Waals surface area contributed by atoms with E-state index < -0.39 is 18.0 Å². The molecule has 2 aromatic carbocycles. The number of likely N-dealkylation sites (N-methyl/N-ethyl adjacent to an activating group) is 2. The molecule has 1 atom stereocenters. The number of aromatic nitrogens is 1. The molecule has 0 spiro atoms. The SMILES string of the molecule is CCN(CC)C(C(N)=O)n1c(C)c(C(=O)O)c(C)c1C=C1C(=O)Nc2cc(NC(=O)c3ccc(CN4CCN(C)CC4)cc3)ccc21. The maximum absolute atomic E-state index is 13.3. The minimum absolute atomic E-state index is 0.0549. The van der Waals surface area contributed by atoms with Crippen molar-refractivity contribution in [2.75, 3.05) is 56.9 Å². The molecule has 0 radical (unpaired) electrons. The summed E-state index contributed by atoms with van der Waals surface area (Å²) in [5.74, 6) is -2.43. The van der Waals surface area contributed by atoms with Gasteiger partial charge in [0.15, 0.2) is 6.17 Å². The summed E-state index contributed by atoms with van der Waals surface area (Å²) >= 11 is 0. The average molecular weight is 642 g/mol. The highest BCUT2D eigenvalue weighted by atomic mass is 16.4. The monoisotopic (exact) mass is 641 g/mol. The Morgan fingerprint density at radius 1 is 1.04 bits per heavy atom. The molecule has 0 bridgehead atoms. The van der Waals surface area contributed by atoms with Gasteiger partial charge >= 0.3 is 5.97 Å². The first-order chi connectivity index (χ1) is 22.4. The molecule has 248 valence electrons. The lowest BCUT2D eigenvalue weighted by Gasteiger charge is -2.32. The molecule has 12 nitrogen and oxygen atoms in total. The average Bonchev–Trinajstić information content (AvgIpc) is 3.47. The lowest BCUT2D eigenvalue weighted by molar-refractivity contribution is -0.126. The molecule has 3 heterocycles. The normalized spacial score (nSPS) is 16.7. The number of carboxylic acid groups (broad SMARTS) is 1. The molecule has 5 rings (SSSR count). The van der Waals surface area contributed by atoms with E-state index in [0.29, 0.717) is 58.1 Å². The number of nitrogens with one attached hydrogen (secondary N) is 2. The number of hydrogen-bond acceptors (Lipinski definition) is 7. The fourth-order valence-electron chi connectivity index (χ4n) is 6.51. The number of amides is 3. The fraction of sp³-hybridized carbons (Fsp3) is 0.371. The third-order valence-corrected chi connectivity index (χ3v) is 9.17. The molecule has 1 saturated heterocycles. The van der Waals surface area contributed by atoms with Crippen LogP contribution in [0.4, 0.5) is 11.4 Å². The van der Waals surface area contributed by atoms with E-state index in [4.69, 9.17) is 5.73 Å². The smallest absolute Gasteiger partial charge is 0.337 e. The lowest BCUT2D eigenvalue weighted by Crippen LogP contribution is -2.43. The lowest BCUT2D eigenvalue weighted by atomic mass is 10.0. The number of nitrogens with two attached hydrogens (primary N) is 1. The zero-order valence-electron chi connectivity index (χ0n) is 27.6. The van der Waals surface area contributed by atoms with Crippen molar-refractivity contribution >= 4 is 46.7 Å². The van der Waals surface area contributed by atoms with Crippen molar-refractivity contribution in [2.45, 2.75) is 40.4 Å². The number of piperazine rings is 1. The first-order valence-corrected chi connectivity index (χ1v) is 15.9. The number of benzene rings is 2. The Bertz CT molecular complexity index is 1730. The number of carboxylic acids is 1. The van der Waals surface area contributed by atoms with Crippen molar-refractivity contribution in [1.82, 2.24) is 19.3 Å². The Labute approximate surface area is 274 Å². The van der Waals surface area contributed by atoms with E-state index >= 15 is 0 Å². The molecule has 3 amide bonds. The quantitative estimate of drug-likeness (QED) is 0.232. The molecule has 2 aliphatic heterocycles. The Balaban J connectivity index is 1.40. The molecule has 1 unspecified atom stereocenters. The van der Waals surface area contributed by atoms with E-state index in [0.717, 1.165) is 38.3 Å². The first kappa shape index (κ1) is 33.6. The molecule has 1 fully saturated rings. The van der Waals surface area contributed by atoms with E-state index in [1.54, 1.807) is 42.7 Å². The molecular formula is C35H43N7O5. The number of fused-ring (bicyclic) bond motifs is 1. The van der Waals surface area contributed by atoms with E-state index in [1.165, 1.54) is 0 Å². The molecule has 0 saturated carbocycles. The Kier molecular flexibility index (Phi) is 9.94. The summed E-state index contributed by atoms with van der Waals surface area (Å²) in [4.78, 5) is 58.0. The van der Waals surface area contributed by atoms with Crippen LogP contribution in [0.25, 0.3) is 11.6 Å². The van der Waals surface area contributed by atoms with Gasteiger partial charge in [-0.05, 0) is 75.5 Å². The number of rotatable bonds is 11. The third-order valence-electron chi connectivity index (χ3n) is 9.17. The number of hydrogen-bond donors (Lipinski definition) is 4. The number of nitrogens with zero attached hydrogens (tertiary/aromatic N) is 4. The van der Waals surface area contributed by atoms with Crippen LogP contribution < -0.4 is 16.4 Å². The summed E-state index contributed by atoms with van der Waals surface area (Å²) in [7, 11) is 2.13. The van der Waals surface area contributed by atoms with Crippen LogP contribution in [-0.4, -0.2) is 94.4 Å². The van der Waals surface area contributed by atoms with Gasteiger partial charge in [-0.25, -0.2) is 4.79 Å². The Morgan fingerprint density at radius 2 is 1.70 bits per heavy atom. The predicted molar refractivity (Wildman–Crippen MR) is 182 cm³/mol. The molecule has 47 heavy (non-hydrogen) atoms. The molecule has 5 N–H and O–H groups in total. The molecule has 0 aliphatic carbocycles. The van der Waals surface area contributed by atoms with Gasteiger partial charge in [0.1, 0.15) is 0 Å². The van der Waals surface area contributed by atoms with Gasteiger partial charge in [-0.3, -0.25) is 24.2 Å². The van der Waals surface area contributed by atoms with Gasteiger partial charge in [0.05, 0.1) is 16.8 Å². The number of carbonyl (C=O) groups excluding carboxylic acids is 3. The van der Waals surface area contributed by atoms with Crippen molar-refractivity contribution in [1.29, 1.82) is 0 Å². The van der Waals surface area contributed by atoms with Crippen molar-refractivity contribution in [3.63, 3.8) is 0 Å². The fourth-order valence-corrected chi connectivity index (χ4v) is 6.51. The van der Waals surface area contributed by atoms with Gasteiger partial charge in [-0.15, -0.1) is 0 Å². The number of anilines is 2. The minimum Gasteiger partial charge on any atom is -0.478 e. The van der Waals surface area contributed by atoms with Gasteiger partial charge in [0, 0.05) is 60.9 Å². The zero-order chi connectivity index (χ0) is 34.0. The highest BCUT2D eigenvalue weighted by Gasteiger charge is 2.33. The summed E-state index contributed by atoms with van der Waals surface area (Å²) in [6.45, 7) is 13.0. The van der Waals surface area contributed by atoms with Crippen LogP contribution in [0.3, 0.4) is 0 Å². The summed E-state index contributed by atoms with van der Waals surface area (Å²) < 4.78 is 1.61. The standard InChI is InChI=1S/C35H43N7O5/c1-6-41(7-2)34(31(36)43)42-22(4)30(35(46)47)21(3)29(42)19-27-26-13-12-25(18-28(26)38-33(27)45)37-32(44)24-10-8-23(9-11-24)20-40-16-14-39(5)15-17-40/h8-13,18-19,34H,6-7,14-17,20H2,1-5H3,(H2,36,43)(H,37,44)(H,38,45)(H,46,47). The van der Waals surface area contributed by atoms with Gasteiger partial charge in [0.25, 0.3) is 17.7 Å². The van der Waals surface area contributed by atoms with E-state index in [1.807, 2.05) is 43.0 Å². The first-order valence-electron chi connectivity index (χ1n) is 15.9. The van der Waals surface area contributed by atoms with Crippen LogP contribution in [0, 0.1) is 13.8 Å². The Hall–Kier alpha value is -4.78. The highest BCUT2D eigenvalue weighted by Crippen LogP contribution is 2.37. The minimum atomic E-state index is -1.14. The second kappa shape index (κ2) is 13.9. The zero-order valence-corrected chi connectivity index (χ0v) is 27.6. The van der Waals surface area contributed by atoms with Gasteiger partial charge in [0.2, 0.25) is 0 Å². The highest BCUT2D eigenvalue weighted by molar-refractivity contribution is 6.35. The van der Waals surface area contributed by atoms with Crippen LogP contribution in [0.2, 0.25) is 0 Å². The van der Waals surface area contributed by atoms with E-state index in [2.05, 4.69) is 27.5 Å². The van der Waals surface area contributed by atoms with Crippen molar-refractivity contribution in [3.05, 3.63) is 81.7 Å². The van der Waals surface area contributed by atoms with E-state index in [9.17, 15) is 24.3 Å². The molecular weight excluding hydrogens is 598 g/mol. The molecule has 2 aliphatic rings. The van der Waals surface area contributed by atoms with Crippen LogP contribution in [0.1, 0.15) is 68.8 Å². The largest absolute Gasteiger partial charge is 0.478 e. The van der Waals surface area contributed by atoms with Gasteiger partial charge in [-0.1, -0.05) is 32.0 Å². The second-order valence-electron chi connectivity index (χ2n) is 12.1. The molecule has 1 aromatic heterocycles. The van der Waals surface area contributed by atoms with Crippen LogP contribution >= 0.6 is 0 Å². The number of aromatic carboxylic acids is 1. The van der Waals surface area contributed by atoms with Gasteiger partial charge < -0.3 is 30.9 Å². The molecule has 3 aromatic rings.